The van der Waals surface area contributed by atoms with Crippen LogP contribution >= 0.6 is 0 Å². The zero-order valence-corrected chi connectivity index (χ0v) is 21.7. The maximum atomic E-state index is 12.7. The first kappa shape index (κ1) is 24.9. The fourth-order valence-corrected chi connectivity index (χ4v) is 5.59. The number of carbonyl (C=O) groups excluding carboxylic acids is 1. The van der Waals surface area contributed by atoms with Crippen LogP contribution in [0, 0.1) is 0 Å². The van der Waals surface area contributed by atoms with Gasteiger partial charge in [0.2, 0.25) is 10.0 Å². The van der Waals surface area contributed by atoms with Gasteiger partial charge in [-0.1, -0.05) is 19.9 Å². The molecule has 1 aliphatic heterocycles. The van der Waals surface area contributed by atoms with Gasteiger partial charge in [0, 0.05) is 43.3 Å². The number of anilines is 2. The van der Waals surface area contributed by atoms with Crippen molar-refractivity contribution in [1.82, 2.24) is 24.3 Å². The van der Waals surface area contributed by atoms with Gasteiger partial charge in [-0.05, 0) is 72.7 Å². The maximum absolute atomic E-state index is 12.7. The zero-order chi connectivity index (χ0) is 26.0. The van der Waals surface area contributed by atoms with E-state index in [4.69, 9.17) is 0 Å². The summed E-state index contributed by atoms with van der Waals surface area (Å²) in [7, 11) is -3.58. The van der Waals surface area contributed by atoms with E-state index in [9.17, 15) is 13.2 Å². The van der Waals surface area contributed by atoms with E-state index < -0.39 is 10.0 Å². The summed E-state index contributed by atoms with van der Waals surface area (Å²) in [6, 6.07) is 16.5. The third-order valence-electron chi connectivity index (χ3n) is 6.69. The van der Waals surface area contributed by atoms with Crippen molar-refractivity contribution >= 4 is 33.0 Å². The van der Waals surface area contributed by atoms with Crippen LogP contribution in [-0.2, 0) is 16.6 Å². The number of amides is 1. The smallest absolute Gasteiger partial charge is 0.251 e. The zero-order valence-electron chi connectivity index (χ0n) is 20.9. The molecule has 1 amide bonds. The van der Waals surface area contributed by atoms with Gasteiger partial charge >= 0.3 is 0 Å². The van der Waals surface area contributed by atoms with Crippen LogP contribution in [0.1, 0.15) is 29.8 Å². The van der Waals surface area contributed by atoms with Crippen LogP contribution < -0.4 is 15.4 Å². The van der Waals surface area contributed by atoms with Gasteiger partial charge in [-0.25, -0.2) is 18.1 Å². The van der Waals surface area contributed by atoms with E-state index in [1.165, 1.54) is 0 Å². The number of rotatable bonds is 10. The van der Waals surface area contributed by atoms with Gasteiger partial charge in [0.25, 0.3) is 5.91 Å². The quantitative estimate of drug-likeness (QED) is 0.296. The first-order valence-corrected chi connectivity index (χ1v) is 13.8. The minimum atomic E-state index is -3.58. The Labute approximate surface area is 216 Å². The highest BCUT2D eigenvalue weighted by Gasteiger charge is 2.20. The van der Waals surface area contributed by atoms with Crippen molar-refractivity contribution in [2.75, 3.05) is 31.5 Å². The molecule has 5 rings (SSSR count). The summed E-state index contributed by atoms with van der Waals surface area (Å²) < 4.78 is 30.0. The second kappa shape index (κ2) is 10.3. The Bertz CT molecular complexity index is 1540. The molecule has 0 spiro atoms. The largest absolute Gasteiger partial charge is 0.352 e. The molecule has 9 nitrogen and oxygen atoms in total. The average molecular weight is 519 g/mol. The van der Waals surface area contributed by atoms with E-state index >= 15 is 0 Å². The van der Waals surface area contributed by atoms with E-state index in [1.807, 2.05) is 40.9 Å². The normalized spacial score (nSPS) is 13.2. The monoisotopic (exact) mass is 518 g/mol. The number of likely N-dealkylation sites (N-methyl/N-ethyl adjacent to an activating group) is 1. The summed E-state index contributed by atoms with van der Waals surface area (Å²) in [6.45, 7) is 7.45. The molecular weight excluding hydrogens is 488 g/mol. The lowest BCUT2D eigenvalue weighted by atomic mass is 10.0. The lowest BCUT2D eigenvalue weighted by Gasteiger charge is -2.18. The molecule has 37 heavy (non-hydrogen) atoms. The molecule has 0 bridgehead atoms. The molecule has 0 saturated heterocycles. The highest BCUT2D eigenvalue weighted by Crippen LogP contribution is 2.30. The Kier molecular flexibility index (Phi) is 6.96. The molecule has 3 N–H and O–H groups in total. The fraction of sp³-hybridized carbons (Fsp3) is 0.259. The molecule has 0 atom stereocenters. The molecule has 2 aromatic carbocycles. The van der Waals surface area contributed by atoms with Crippen LogP contribution in [0.2, 0.25) is 0 Å². The number of sulfonamides is 1. The van der Waals surface area contributed by atoms with E-state index in [1.54, 1.807) is 30.5 Å². The van der Waals surface area contributed by atoms with Crippen molar-refractivity contribution in [3.63, 3.8) is 0 Å². The van der Waals surface area contributed by atoms with E-state index in [-0.39, 0.29) is 10.8 Å². The molecule has 192 valence electrons. The number of nitrogens with one attached hydrogen (secondary N) is 3. The lowest BCUT2D eigenvalue weighted by molar-refractivity contribution is 0.0965. The Balaban J connectivity index is 1.33. The van der Waals surface area contributed by atoms with Crippen molar-refractivity contribution in [2.45, 2.75) is 25.3 Å². The van der Waals surface area contributed by atoms with Gasteiger partial charge in [0.05, 0.1) is 16.3 Å². The topological polar surface area (TPSA) is 108 Å². The standard InChI is InChI=1S/C27H30N6O3S/c1-3-32(4-2)15-14-30-37(35,36)22-8-6-21(7-9-22)31-24-11-12-25(33-16-13-28-26(24)33)19-5-10-23-20(17-19)18-29-27(23)34/h5-13,16-17,30-31H,3-4,14-15,18H2,1-2H3,(H,29,34). The Morgan fingerprint density at radius 2 is 1.84 bits per heavy atom. The van der Waals surface area contributed by atoms with Crippen molar-refractivity contribution in [3.8, 4) is 11.3 Å². The summed E-state index contributed by atoms with van der Waals surface area (Å²) in [5.74, 6) is -0.0388. The van der Waals surface area contributed by atoms with Gasteiger partial charge in [-0.2, -0.15) is 0 Å². The van der Waals surface area contributed by atoms with Crippen LogP contribution in [0.25, 0.3) is 16.9 Å². The minimum absolute atomic E-state index is 0.0388. The number of fused-ring (bicyclic) bond motifs is 2. The second-order valence-corrected chi connectivity index (χ2v) is 10.6. The average Bonchev–Trinajstić information content (AvgIpc) is 3.54. The molecule has 10 heteroatoms. The number of aromatic nitrogens is 2. The maximum Gasteiger partial charge on any atom is 0.251 e. The number of benzene rings is 2. The summed E-state index contributed by atoms with van der Waals surface area (Å²) >= 11 is 0. The van der Waals surface area contributed by atoms with Crippen molar-refractivity contribution in [1.29, 1.82) is 0 Å². The number of imidazole rings is 1. The molecule has 1 aliphatic rings. The highest BCUT2D eigenvalue weighted by atomic mass is 32.2. The first-order chi connectivity index (χ1) is 17.9. The molecule has 4 aromatic rings. The third kappa shape index (κ3) is 5.08. The summed E-state index contributed by atoms with van der Waals surface area (Å²) in [6.07, 6.45) is 3.63. The molecule has 0 saturated carbocycles. The molecule has 0 unspecified atom stereocenters. The van der Waals surface area contributed by atoms with Crippen LogP contribution in [0.5, 0.6) is 0 Å². The van der Waals surface area contributed by atoms with Crippen LogP contribution in [-0.4, -0.2) is 54.8 Å². The van der Waals surface area contributed by atoms with Gasteiger partial charge in [-0.3, -0.25) is 9.20 Å². The fourth-order valence-electron chi connectivity index (χ4n) is 4.57. The lowest BCUT2D eigenvalue weighted by Crippen LogP contribution is -2.34. The SMILES string of the molecule is CCN(CC)CCNS(=O)(=O)c1ccc(Nc2ccc(-c3ccc4c(c3)CNC4=O)n3ccnc23)cc1. The number of hydrogen-bond donors (Lipinski definition) is 3. The van der Waals surface area contributed by atoms with Gasteiger partial charge in [-0.15, -0.1) is 0 Å². The van der Waals surface area contributed by atoms with Crippen molar-refractivity contribution < 1.29 is 13.2 Å². The van der Waals surface area contributed by atoms with Crippen LogP contribution in [0.15, 0.2) is 71.9 Å². The van der Waals surface area contributed by atoms with Crippen molar-refractivity contribution in [2.24, 2.45) is 0 Å². The van der Waals surface area contributed by atoms with Crippen LogP contribution in [0.4, 0.5) is 11.4 Å². The predicted molar refractivity (Wildman–Crippen MR) is 144 cm³/mol. The summed E-state index contributed by atoms with van der Waals surface area (Å²) in [4.78, 5) is 18.8. The van der Waals surface area contributed by atoms with Gasteiger partial charge in [0.1, 0.15) is 0 Å². The minimum Gasteiger partial charge on any atom is -0.352 e. The van der Waals surface area contributed by atoms with Gasteiger partial charge < -0.3 is 15.5 Å². The van der Waals surface area contributed by atoms with E-state index in [0.29, 0.717) is 25.2 Å². The Morgan fingerprint density at radius 3 is 2.59 bits per heavy atom. The highest BCUT2D eigenvalue weighted by molar-refractivity contribution is 7.89. The molecule has 3 heterocycles. The Morgan fingerprint density at radius 1 is 1.05 bits per heavy atom. The van der Waals surface area contributed by atoms with Gasteiger partial charge in [0.15, 0.2) is 5.65 Å². The van der Waals surface area contributed by atoms with Crippen LogP contribution in [0.3, 0.4) is 0 Å². The molecular formula is C27H30N6O3S. The number of nitrogens with zero attached hydrogens (tertiary/aromatic N) is 3. The molecule has 0 fully saturated rings. The molecule has 2 aromatic heterocycles. The summed E-state index contributed by atoms with van der Waals surface area (Å²) in [5, 5.41) is 6.20. The molecule has 0 radical (unpaired) electrons. The number of carbonyl (C=O) groups is 1. The first-order valence-electron chi connectivity index (χ1n) is 12.4. The number of hydrogen-bond acceptors (Lipinski definition) is 6. The number of pyridine rings is 1. The molecule has 0 aliphatic carbocycles. The second-order valence-electron chi connectivity index (χ2n) is 8.88. The van der Waals surface area contributed by atoms with E-state index in [2.05, 4.69) is 39.1 Å². The third-order valence-corrected chi connectivity index (χ3v) is 8.17. The predicted octanol–water partition coefficient (Wildman–Crippen LogP) is 3.61. The Hall–Kier alpha value is -3.73. The van der Waals surface area contributed by atoms with E-state index in [0.717, 1.165) is 46.9 Å². The summed E-state index contributed by atoms with van der Waals surface area (Å²) in [5.41, 5.74) is 5.93. The van der Waals surface area contributed by atoms with Crippen molar-refractivity contribution in [3.05, 3.63) is 78.1 Å².